The number of methoxy groups -OCH3 is 1. The Morgan fingerprint density at radius 2 is 2.24 bits per heavy atom. The van der Waals surface area contributed by atoms with Gasteiger partial charge in [-0.2, -0.15) is 0 Å². The van der Waals surface area contributed by atoms with E-state index in [9.17, 15) is 4.79 Å². The molecule has 3 N–H and O–H groups in total. The molecule has 1 aliphatic rings. The molecule has 0 spiro atoms. The second-order valence-corrected chi connectivity index (χ2v) is 5.78. The van der Waals surface area contributed by atoms with Crippen molar-refractivity contribution >= 4 is 22.8 Å². The first-order valence-corrected chi connectivity index (χ1v) is 7.69. The molecular formula is C17H16N4O4. The van der Waals surface area contributed by atoms with Crippen molar-refractivity contribution < 1.29 is 19.4 Å². The van der Waals surface area contributed by atoms with Gasteiger partial charge in [-0.3, -0.25) is 4.79 Å². The number of fused-ring (bicyclic) bond motifs is 3. The van der Waals surface area contributed by atoms with E-state index < -0.39 is 5.97 Å². The molecule has 0 unspecified atom stereocenters. The maximum absolute atomic E-state index is 11.0. The van der Waals surface area contributed by atoms with E-state index in [1.165, 1.54) is 13.4 Å². The second-order valence-electron chi connectivity index (χ2n) is 5.78. The largest absolute Gasteiger partial charge is 0.496 e. The summed E-state index contributed by atoms with van der Waals surface area (Å²) in [5.41, 5.74) is 11.0. The van der Waals surface area contributed by atoms with Crippen molar-refractivity contribution in [3.63, 3.8) is 0 Å². The number of nitrogens with zero attached hydrogens (tertiary/aromatic N) is 3. The standard InChI is InChI=1S/C17H16N4O4/c1-24-13-5-10(3-2-9(13)4-14(22)23)21-12-7-25-6-11(12)15-16(21)17(18)20-8-19-15/h2-3,5,8H,4,6-7H2,1H3,(H,22,23)(H2,18,19,20). The lowest BCUT2D eigenvalue weighted by atomic mass is 10.1. The smallest absolute Gasteiger partial charge is 0.307 e. The number of hydrogen-bond acceptors (Lipinski definition) is 6. The number of ether oxygens (including phenoxy) is 2. The van der Waals surface area contributed by atoms with E-state index in [1.54, 1.807) is 12.1 Å². The molecule has 8 nitrogen and oxygen atoms in total. The summed E-state index contributed by atoms with van der Waals surface area (Å²) in [6.45, 7) is 0.924. The predicted molar refractivity (Wildman–Crippen MR) is 89.7 cm³/mol. The summed E-state index contributed by atoms with van der Waals surface area (Å²) in [5, 5.41) is 9.03. The summed E-state index contributed by atoms with van der Waals surface area (Å²) in [7, 11) is 1.52. The van der Waals surface area contributed by atoms with Gasteiger partial charge in [0, 0.05) is 22.9 Å². The lowest BCUT2D eigenvalue weighted by Crippen LogP contribution is -2.06. The third-order valence-corrected chi connectivity index (χ3v) is 4.33. The molecule has 3 heterocycles. The van der Waals surface area contributed by atoms with E-state index in [-0.39, 0.29) is 6.42 Å². The first-order chi connectivity index (χ1) is 12.1. The molecule has 0 aliphatic carbocycles. The van der Waals surface area contributed by atoms with Crippen molar-refractivity contribution in [3.05, 3.63) is 41.3 Å². The van der Waals surface area contributed by atoms with Crippen LogP contribution in [0, 0.1) is 0 Å². The Labute approximate surface area is 142 Å². The molecule has 0 saturated carbocycles. The van der Waals surface area contributed by atoms with E-state index in [4.69, 9.17) is 20.3 Å². The van der Waals surface area contributed by atoms with Gasteiger partial charge >= 0.3 is 5.97 Å². The third kappa shape index (κ3) is 2.38. The first-order valence-electron chi connectivity index (χ1n) is 7.69. The van der Waals surface area contributed by atoms with E-state index in [2.05, 4.69) is 9.97 Å². The van der Waals surface area contributed by atoms with E-state index in [1.807, 2.05) is 10.6 Å². The molecule has 0 atom stereocenters. The van der Waals surface area contributed by atoms with E-state index in [0.29, 0.717) is 30.3 Å². The number of carboxylic acids is 1. The number of nitrogens with two attached hydrogens (primary N) is 1. The van der Waals surface area contributed by atoms with Gasteiger partial charge in [0.2, 0.25) is 0 Å². The van der Waals surface area contributed by atoms with Crippen LogP contribution in [0.3, 0.4) is 0 Å². The number of carboxylic acid groups (broad SMARTS) is 1. The lowest BCUT2D eigenvalue weighted by Gasteiger charge is -2.13. The Morgan fingerprint density at radius 1 is 1.40 bits per heavy atom. The maximum Gasteiger partial charge on any atom is 0.307 e. The van der Waals surface area contributed by atoms with Crippen LogP contribution in [0.2, 0.25) is 0 Å². The summed E-state index contributed by atoms with van der Waals surface area (Å²) >= 11 is 0. The molecule has 128 valence electrons. The first kappa shape index (κ1) is 15.4. The molecule has 4 rings (SSSR count). The SMILES string of the molecule is COc1cc(-n2c3c(c4ncnc(N)c42)COC3)ccc1CC(=O)O. The van der Waals surface area contributed by atoms with Crippen LogP contribution in [0.15, 0.2) is 24.5 Å². The maximum atomic E-state index is 11.0. The van der Waals surface area contributed by atoms with Crippen molar-refractivity contribution in [1.82, 2.24) is 14.5 Å². The van der Waals surface area contributed by atoms with Crippen molar-refractivity contribution in [3.8, 4) is 11.4 Å². The van der Waals surface area contributed by atoms with Gasteiger partial charge in [-0.1, -0.05) is 6.07 Å². The molecule has 8 heteroatoms. The van der Waals surface area contributed by atoms with Crippen LogP contribution < -0.4 is 10.5 Å². The van der Waals surface area contributed by atoms with Crippen molar-refractivity contribution in [2.75, 3.05) is 12.8 Å². The molecule has 2 aromatic heterocycles. The van der Waals surface area contributed by atoms with Gasteiger partial charge in [0.25, 0.3) is 0 Å². The Kier molecular flexibility index (Phi) is 3.54. The highest BCUT2D eigenvalue weighted by Gasteiger charge is 2.26. The van der Waals surface area contributed by atoms with Crippen LogP contribution in [0.25, 0.3) is 16.7 Å². The zero-order chi connectivity index (χ0) is 17.6. The number of aliphatic carboxylic acids is 1. The molecule has 25 heavy (non-hydrogen) atoms. The van der Waals surface area contributed by atoms with Gasteiger partial charge < -0.3 is 24.9 Å². The highest BCUT2D eigenvalue weighted by molar-refractivity contribution is 5.91. The fraction of sp³-hybridized carbons (Fsp3) is 0.235. The zero-order valence-electron chi connectivity index (χ0n) is 13.5. The second kappa shape index (κ2) is 5.75. The predicted octanol–water partition coefficient (Wildman–Crippen LogP) is 1.67. The molecule has 0 saturated heterocycles. The summed E-state index contributed by atoms with van der Waals surface area (Å²) in [4.78, 5) is 19.5. The molecule has 0 radical (unpaired) electrons. The normalized spacial score (nSPS) is 13.2. The number of nitrogen functional groups attached to an aromatic ring is 1. The summed E-state index contributed by atoms with van der Waals surface area (Å²) in [6, 6.07) is 5.38. The number of rotatable bonds is 4. The fourth-order valence-corrected chi connectivity index (χ4v) is 3.26. The van der Waals surface area contributed by atoms with Crippen LogP contribution in [0.4, 0.5) is 5.82 Å². The van der Waals surface area contributed by atoms with Gasteiger partial charge in [-0.25, -0.2) is 9.97 Å². The minimum absolute atomic E-state index is 0.109. The fourth-order valence-electron chi connectivity index (χ4n) is 3.26. The van der Waals surface area contributed by atoms with Crippen molar-refractivity contribution in [1.29, 1.82) is 0 Å². The summed E-state index contributed by atoms with van der Waals surface area (Å²) in [5.74, 6) is -0.0257. The van der Waals surface area contributed by atoms with Crippen molar-refractivity contribution in [2.45, 2.75) is 19.6 Å². The molecule has 1 aromatic carbocycles. The minimum Gasteiger partial charge on any atom is -0.496 e. The molecule has 0 fully saturated rings. The van der Waals surface area contributed by atoms with Crippen LogP contribution in [-0.4, -0.2) is 32.7 Å². The summed E-state index contributed by atoms with van der Waals surface area (Å²) in [6.07, 6.45) is 1.33. The monoisotopic (exact) mass is 340 g/mol. The number of anilines is 1. The lowest BCUT2D eigenvalue weighted by molar-refractivity contribution is -0.136. The minimum atomic E-state index is -0.913. The third-order valence-electron chi connectivity index (χ3n) is 4.33. The molecular weight excluding hydrogens is 324 g/mol. The number of aromatic nitrogens is 3. The quantitative estimate of drug-likeness (QED) is 0.743. The highest BCUT2D eigenvalue weighted by Crippen LogP contribution is 2.36. The summed E-state index contributed by atoms with van der Waals surface area (Å²) < 4.78 is 12.9. The zero-order valence-corrected chi connectivity index (χ0v) is 13.5. The van der Waals surface area contributed by atoms with E-state index >= 15 is 0 Å². The van der Waals surface area contributed by atoms with E-state index in [0.717, 1.165) is 28.0 Å². The average Bonchev–Trinajstić information content (AvgIpc) is 3.16. The van der Waals surface area contributed by atoms with Gasteiger partial charge in [0.05, 0.1) is 32.4 Å². The number of carbonyl (C=O) groups is 1. The van der Waals surface area contributed by atoms with Crippen molar-refractivity contribution in [2.24, 2.45) is 0 Å². The van der Waals surface area contributed by atoms with Crippen LogP contribution in [-0.2, 0) is 29.2 Å². The molecule has 1 aliphatic heterocycles. The Morgan fingerprint density at radius 3 is 3.00 bits per heavy atom. The molecule has 0 bridgehead atoms. The van der Waals surface area contributed by atoms with Gasteiger partial charge in [-0.05, 0) is 6.07 Å². The highest BCUT2D eigenvalue weighted by atomic mass is 16.5. The van der Waals surface area contributed by atoms with Gasteiger partial charge in [-0.15, -0.1) is 0 Å². The van der Waals surface area contributed by atoms with Crippen LogP contribution in [0.5, 0.6) is 5.75 Å². The van der Waals surface area contributed by atoms with Crippen LogP contribution in [0.1, 0.15) is 16.8 Å². The molecule has 3 aromatic rings. The Hall–Kier alpha value is -3.13. The Bertz CT molecular complexity index is 996. The van der Waals surface area contributed by atoms with Gasteiger partial charge in [0.1, 0.15) is 23.1 Å². The topological polar surface area (TPSA) is 112 Å². The Balaban J connectivity index is 1.95. The van der Waals surface area contributed by atoms with Gasteiger partial charge in [0.15, 0.2) is 5.82 Å². The average molecular weight is 340 g/mol. The molecule has 0 amide bonds. The number of hydrogen-bond donors (Lipinski definition) is 2. The number of benzene rings is 1. The van der Waals surface area contributed by atoms with Crippen LogP contribution >= 0.6 is 0 Å².